The molecule has 22 heavy (non-hydrogen) atoms. The number of aliphatic hydroxyl groups is 2. The van der Waals surface area contributed by atoms with Crippen LogP contribution in [0.25, 0.3) is 21.8 Å². The molecule has 1 unspecified atom stereocenters. The topological polar surface area (TPSA) is 82.0 Å². The third kappa shape index (κ3) is 1.76. The number of allylic oxidation sites excluding steroid dienone is 2. The van der Waals surface area contributed by atoms with Crippen molar-refractivity contribution in [3.63, 3.8) is 0 Å². The van der Waals surface area contributed by atoms with Gasteiger partial charge in [0.1, 0.15) is 11.1 Å². The van der Waals surface area contributed by atoms with Gasteiger partial charge in [0, 0.05) is 17.2 Å². The lowest BCUT2D eigenvalue weighted by molar-refractivity contribution is 0.0727. The molecule has 0 amide bonds. The van der Waals surface area contributed by atoms with Gasteiger partial charge >= 0.3 is 0 Å². The van der Waals surface area contributed by atoms with Gasteiger partial charge in [-0.05, 0) is 19.1 Å². The van der Waals surface area contributed by atoms with Gasteiger partial charge in [0.25, 0.3) is 0 Å². The van der Waals surface area contributed by atoms with E-state index in [1.54, 1.807) is 18.2 Å². The molecule has 5 nitrogen and oxygen atoms in total. The van der Waals surface area contributed by atoms with E-state index in [0.29, 0.717) is 5.69 Å². The van der Waals surface area contributed by atoms with E-state index in [9.17, 15) is 10.2 Å². The highest BCUT2D eigenvalue weighted by Gasteiger charge is 2.33. The average Bonchev–Trinajstić information content (AvgIpc) is 2.88. The van der Waals surface area contributed by atoms with Crippen molar-refractivity contribution in [3.8, 4) is 0 Å². The summed E-state index contributed by atoms with van der Waals surface area (Å²) in [6.07, 6.45) is 5.02. The first kappa shape index (κ1) is 13.0. The quantitative estimate of drug-likeness (QED) is 0.644. The van der Waals surface area contributed by atoms with Crippen LogP contribution in [0.5, 0.6) is 0 Å². The van der Waals surface area contributed by atoms with Gasteiger partial charge in [-0.2, -0.15) is 5.10 Å². The van der Waals surface area contributed by atoms with E-state index in [-0.39, 0.29) is 12.2 Å². The van der Waals surface area contributed by atoms with Gasteiger partial charge in [0.15, 0.2) is 0 Å². The number of aryl methyl sites for hydroxylation is 1. The summed E-state index contributed by atoms with van der Waals surface area (Å²) in [5.41, 5.74) is 1.60. The van der Waals surface area contributed by atoms with Crippen LogP contribution in [-0.2, 0) is 5.60 Å². The second-order valence-corrected chi connectivity index (χ2v) is 5.66. The Morgan fingerprint density at radius 3 is 2.77 bits per heavy atom. The van der Waals surface area contributed by atoms with Gasteiger partial charge in [-0.15, -0.1) is 0 Å². The second-order valence-electron chi connectivity index (χ2n) is 5.66. The standard InChI is InChI=1S/C17H15N3O2/c1-10-14-15(20-19-10)12-6-2-3-7-13(12)16(18-14)17(22)8-4-5-11(21)9-17/h2-8,21-22H,9H2,1H3,(H,19,20). The molecule has 0 saturated carbocycles. The first-order valence-corrected chi connectivity index (χ1v) is 7.12. The van der Waals surface area contributed by atoms with Crippen LogP contribution in [0.3, 0.4) is 0 Å². The second kappa shape index (κ2) is 4.42. The van der Waals surface area contributed by atoms with Gasteiger partial charge in [-0.1, -0.05) is 30.3 Å². The normalized spacial score (nSPS) is 21.5. The van der Waals surface area contributed by atoms with Crippen molar-refractivity contribution < 1.29 is 10.2 Å². The van der Waals surface area contributed by atoms with Gasteiger partial charge in [-0.25, -0.2) is 4.98 Å². The highest BCUT2D eigenvalue weighted by molar-refractivity contribution is 6.05. The number of aliphatic hydroxyl groups excluding tert-OH is 1. The Hall–Kier alpha value is -2.66. The van der Waals surface area contributed by atoms with E-state index in [1.165, 1.54) is 0 Å². The third-order valence-corrected chi connectivity index (χ3v) is 4.11. The molecule has 0 bridgehead atoms. The summed E-state index contributed by atoms with van der Waals surface area (Å²) in [5.74, 6) is 0.139. The molecule has 1 atom stereocenters. The Balaban J connectivity index is 2.10. The minimum Gasteiger partial charge on any atom is -0.512 e. The highest BCUT2D eigenvalue weighted by atomic mass is 16.3. The number of nitrogens with zero attached hydrogens (tertiary/aromatic N) is 2. The van der Waals surface area contributed by atoms with Crippen molar-refractivity contribution >= 4 is 21.8 Å². The van der Waals surface area contributed by atoms with Crippen LogP contribution in [0.4, 0.5) is 0 Å². The predicted molar refractivity (Wildman–Crippen MR) is 84.5 cm³/mol. The Morgan fingerprint density at radius 1 is 1.23 bits per heavy atom. The summed E-state index contributed by atoms with van der Waals surface area (Å²) in [6, 6.07) is 7.76. The summed E-state index contributed by atoms with van der Waals surface area (Å²) in [5, 5.41) is 29.9. The number of pyridine rings is 1. The van der Waals surface area contributed by atoms with Crippen LogP contribution in [0.15, 0.2) is 48.3 Å². The van der Waals surface area contributed by atoms with Crippen molar-refractivity contribution in [1.29, 1.82) is 0 Å². The fraction of sp³-hybridized carbons (Fsp3) is 0.176. The number of H-pyrrole nitrogens is 1. The Labute approximate surface area is 126 Å². The molecule has 4 rings (SSSR count). The Bertz CT molecular complexity index is 955. The molecule has 3 N–H and O–H groups in total. The number of nitrogens with one attached hydrogen (secondary N) is 1. The number of hydrogen-bond acceptors (Lipinski definition) is 4. The summed E-state index contributed by atoms with van der Waals surface area (Å²) < 4.78 is 0. The fourth-order valence-corrected chi connectivity index (χ4v) is 3.04. The van der Waals surface area contributed by atoms with Crippen molar-refractivity contribution in [3.05, 3.63) is 59.6 Å². The summed E-state index contributed by atoms with van der Waals surface area (Å²) in [7, 11) is 0. The molecule has 1 aromatic carbocycles. The number of hydrogen-bond donors (Lipinski definition) is 3. The van der Waals surface area contributed by atoms with Crippen LogP contribution < -0.4 is 0 Å². The zero-order valence-electron chi connectivity index (χ0n) is 12.0. The Kier molecular flexibility index (Phi) is 2.62. The van der Waals surface area contributed by atoms with Crippen molar-refractivity contribution in [1.82, 2.24) is 15.2 Å². The number of rotatable bonds is 1. The predicted octanol–water partition coefficient (Wildman–Crippen LogP) is 3.01. The fourth-order valence-electron chi connectivity index (χ4n) is 3.04. The number of benzene rings is 1. The van der Waals surface area contributed by atoms with Crippen molar-refractivity contribution in [2.45, 2.75) is 18.9 Å². The van der Waals surface area contributed by atoms with E-state index in [4.69, 9.17) is 0 Å². The van der Waals surface area contributed by atoms with Crippen LogP contribution in [-0.4, -0.2) is 25.4 Å². The third-order valence-electron chi connectivity index (χ3n) is 4.11. The SMILES string of the molecule is Cc1n[nH]c2c1nc(C1(O)C=CC=C(O)C1)c1ccccc12. The summed E-state index contributed by atoms with van der Waals surface area (Å²) >= 11 is 0. The lowest BCUT2D eigenvalue weighted by Crippen LogP contribution is -2.27. The molecule has 110 valence electrons. The van der Waals surface area contributed by atoms with E-state index < -0.39 is 5.60 Å². The van der Waals surface area contributed by atoms with Crippen LogP contribution in [0.2, 0.25) is 0 Å². The minimum absolute atomic E-state index is 0.114. The van der Waals surface area contributed by atoms with E-state index in [0.717, 1.165) is 27.5 Å². The summed E-state index contributed by atoms with van der Waals surface area (Å²) in [6.45, 7) is 1.88. The molecule has 0 fully saturated rings. The minimum atomic E-state index is -1.32. The molecular formula is C17H15N3O2. The molecule has 2 heterocycles. The largest absolute Gasteiger partial charge is 0.512 e. The van der Waals surface area contributed by atoms with Gasteiger partial charge in [0.05, 0.1) is 22.7 Å². The molecule has 1 aliphatic carbocycles. The van der Waals surface area contributed by atoms with Crippen LogP contribution in [0, 0.1) is 6.92 Å². The van der Waals surface area contributed by atoms with Gasteiger partial charge < -0.3 is 10.2 Å². The zero-order valence-corrected chi connectivity index (χ0v) is 12.0. The first-order chi connectivity index (χ1) is 10.6. The first-order valence-electron chi connectivity index (χ1n) is 7.12. The molecular weight excluding hydrogens is 278 g/mol. The monoisotopic (exact) mass is 293 g/mol. The average molecular weight is 293 g/mol. The van der Waals surface area contributed by atoms with E-state index >= 15 is 0 Å². The summed E-state index contributed by atoms with van der Waals surface area (Å²) in [4.78, 5) is 4.66. The molecule has 1 aliphatic rings. The lowest BCUT2D eigenvalue weighted by atomic mass is 9.87. The molecule has 0 aliphatic heterocycles. The molecule has 0 spiro atoms. The smallest absolute Gasteiger partial charge is 0.132 e. The molecule has 0 radical (unpaired) electrons. The highest BCUT2D eigenvalue weighted by Crippen LogP contribution is 2.37. The molecule has 5 heteroatoms. The lowest BCUT2D eigenvalue weighted by Gasteiger charge is -2.27. The number of fused-ring (bicyclic) bond motifs is 3. The maximum Gasteiger partial charge on any atom is 0.132 e. The number of aromatic amines is 1. The maximum atomic E-state index is 11.0. The number of aromatic nitrogens is 3. The van der Waals surface area contributed by atoms with E-state index in [2.05, 4.69) is 15.2 Å². The van der Waals surface area contributed by atoms with Crippen LogP contribution in [0.1, 0.15) is 17.8 Å². The molecule has 2 aromatic heterocycles. The zero-order chi connectivity index (χ0) is 15.3. The maximum absolute atomic E-state index is 11.0. The van der Waals surface area contributed by atoms with Crippen molar-refractivity contribution in [2.24, 2.45) is 0 Å². The molecule has 0 saturated heterocycles. The van der Waals surface area contributed by atoms with Crippen LogP contribution >= 0.6 is 0 Å². The van der Waals surface area contributed by atoms with Gasteiger partial charge in [-0.3, -0.25) is 5.10 Å². The molecule has 3 aromatic rings. The van der Waals surface area contributed by atoms with E-state index in [1.807, 2.05) is 31.2 Å². The van der Waals surface area contributed by atoms with Crippen molar-refractivity contribution in [2.75, 3.05) is 0 Å². The Morgan fingerprint density at radius 2 is 2.00 bits per heavy atom. The van der Waals surface area contributed by atoms with Gasteiger partial charge in [0.2, 0.25) is 0 Å².